The summed E-state index contributed by atoms with van der Waals surface area (Å²) in [5.41, 5.74) is 6.53. The molecular weight excluding hydrogens is 469 g/mol. The van der Waals surface area contributed by atoms with E-state index in [0.29, 0.717) is 68.2 Å². The molecule has 7 heteroatoms. The second-order valence-corrected chi connectivity index (χ2v) is 9.71. The zero-order valence-electron chi connectivity index (χ0n) is 21.6. The number of nitrogens with zero attached hydrogens (tertiary/aromatic N) is 3. The van der Waals surface area contributed by atoms with Gasteiger partial charge in [0, 0.05) is 43.5 Å². The number of halogens is 1. The number of ketones is 1. The summed E-state index contributed by atoms with van der Waals surface area (Å²) in [6.45, 7) is 9.51. The van der Waals surface area contributed by atoms with E-state index in [9.17, 15) is 14.0 Å². The number of benzene rings is 2. The predicted molar refractivity (Wildman–Crippen MR) is 143 cm³/mol. The van der Waals surface area contributed by atoms with Gasteiger partial charge in [0.2, 0.25) is 0 Å². The Bertz CT molecular complexity index is 1410. The number of urea groups is 1. The number of fused-ring (bicyclic) bond motifs is 1. The molecule has 0 bridgehead atoms. The largest absolute Gasteiger partial charge is 0.378 e. The van der Waals surface area contributed by atoms with Crippen LogP contribution in [-0.4, -0.2) is 66.0 Å². The van der Waals surface area contributed by atoms with Gasteiger partial charge in [-0.25, -0.2) is 14.2 Å². The number of morpholine rings is 1. The molecule has 0 aliphatic carbocycles. The Morgan fingerprint density at radius 3 is 2.46 bits per heavy atom. The number of hydrogen-bond donors (Lipinski definition) is 0. The lowest BCUT2D eigenvalue weighted by molar-refractivity contribution is 0.0441. The summed E-state index contributed by atoms with van der Waals surface area (Å²) < 4.78 is 20.4. The fourth-order valence-electron chi connectivity index (χ4n) is 5.50. The standard InChI is InChI=1S/C30H32FN3O3/c1-4-27(35)25-18-23(22-7-5-6-8-24(22)31)29-20(3)28(19(2)17-26(29)32-25)21-9-11-33(12-10-21)30(36)34-13-15-37-16-14-34/h5-9,17-18H,4,10-16H2,1-3H3. The van der Waals surface area contributed by atoms with Gasteiger partial charge in [-0.1, -0.05) is 31.2 Å². The summed E-state index contributed by atoms with van der Waals surface area (Å²) in [4.78, 5) is 34.0. The molecule has 2 aliphatic heterocycles. The average Bonchev–Trinajstić information content (AvgIpc) is 2.92. The molecule has 0 spiro atoms. The first kappa shape index (κ1) is 25.1. The van der Waals surface area contributed by atoms with Gasteiger partial charge in [-0.15, -0.1) is 0 Å². The summed E-state index contributed by atoms with van der Waals surface area (Å²) in [6.07, 6.45) is 3.20. The van der Waals surface area contributed by atoms with Gasteiger partial charge in [-0.05, 0) is 66.3 Å². The van der Waals surface area contributed by atoms with Crippen LogP contribution in [0.15, 0.2) is 42.5 Å². The Hall–Kier alpha value is -3.58. The van der Waals surface area contributed by atoms with E-state index in [1.54, 1.807) is 31.2 Å². The molecule has 3 heterocycles. The lowest BCUT2D eigenvalue weighted by Crippen LogP contribution is -2.49. The van der Waals surface area contributed by atoms with E-state index >= 15 is 0 Å². The summed E-state index contributed by atoms with van der Waals surface area (Å²) in [6, 6.07) is 10.5. The molecule has 1 aromatic heterocycles. The van der Waals surface area contributed by atoms with E-state index in [2.05, 4.69) is 6.08 Å². The van der Waals surface area contributed by atoms with Crippen molar-refractivity contribution in [1.29, 1.82) is 0 Å². The van der Waals surface area contributed by atoms with Gasteiger partial charge in [-0.2, -0.15) is 0 Å². The molecular formula is C30H32FN3O3. The molecule has 0 saturated carbocycles. The molecule has 0 atom stereocenters. The minimum absolute atomic E-state index is 0.0599. The number of aromatic nitrogens is 1. The highest BCUT2D eigenvalue weighted by Crippen LogP contribution is 2.38. The molecule has 0 unspecified atom stereocenters. The number of carbonyl (C=O) groups excluding carboxylic acids is 2. The highest BCUT2D eigenvalue weighted by molar-refractivity contribution is 6.05. The van der Waals surface area contributed by atoms with Gasteiger partial charge in [0.1, 0.15) is 11.5 Å². The third-order valence-corrected chi connectivity index (χ3v) is 7.40. The quantitative estimate of drug-likeness (QED) is 0.425. The molecule has 192 valence electrons. The van der Waals surface area contributed by atoms with E-state index in [0.717, 1.165) is 28.5 Å². The highest BCUT2D eigenvalue weighted by atomic mass is 19.1. The number of hydrogen-bond acceptors (Lipinski definition) is 4. The molecule has 5 rings (SSSR count). The summed E-state index contributed by atoms with van der Waals surface area (Å²) in [5, 5.41) is 0.853. The number of rotatable bonds is 4. The minimum atomic E-state index is -0.333. The first-order valence-electron chi connectivity index (χ1n) is 12.9. The summed E-state index contributed by atoms with van der Waals surface area (Å²) in [5.74, 6) is -0.403. The van der Waals surface area contributed by atoms with Gasteiger partial charge >= 0.3 is 6.03 Å². The van der Waals surface area contributed by atoms with Gasteiger partial charge in [0.05, 0.1) is 18.7 Å². The van der Waals surface area contributed by atoms with Gasteiger partial charge < -0.3 is 14.5 Å². The number of ether oxygens (including phenoxy) is 1. The Kier molecular flexibility index (Phi) is 7.07. The zero-order chi connectivity index (χ0) is 26.1. The smallest absolute Gasteiger partial charge is 0.320 e. The number of carbonyl (C=O) groups is 2. The fraction of sp³-hybridized carbons (Fsp3) is 0.367. The normalized spacial score (nSPS) is 16.2. The molecule has 2 aromatic carbocycles. The molecule has 37 heavy (non-hydrogen) atoms. The van der Waals surface area contributed by atoms with Crippen molar-refractivity contribution >= 4 is 28.3 Å². The molecule has 6 nitrogen and oxygen atoms in total. The van der Waals surface area contributed by atoms with Gasteiger partial charge in [-0.3, -0.25) is 4.79 Å². The van der Waals surface area contributed by atoms with E-state index < -0.39 is 0 Å². The van der Waals surface area contributed by atoms with Crippen LogP contribution in [0.2, 0.25) is 0 Å². The van der Waals surface area contributed by atoms with Crippen LogP contribution in [0.5, 0.6) is 0 Å². The van der Waals surface area contributed by atoms with Crippen molar-refractivity contribution in [2.24, 2.45) is 0 Å². The van der Waals surface area contributed by atoms with Crippen LogP contribution in [0, 0.1) is 19.7 Å². The maximum absolute atomic E-state index is 15.0. The van der Waals surface area contributed by atoms with Crippen LogP contribution < -0.4 is 0 Å². The number of pyridine rings is 1. The third-order valence-electron chi connectivity index (χ3n) is 7.40. The van der Waals surface area contributed by atoms with Crippen LogP contribution in [0.3, 0.4) is 0 Å². The summed E-state index contributed by atoms with van der Waals surface area (Å²) >= 11 is 0. The SMILES string of the molecule is CCC(=O)c1cc(-c2ccccc2F)c2c(C)c(C3=CCN(C(=O)N4CCOCC4)CC3)c(C)cc2n1. The summed E-state index contributed by atoms with van der Waals surface area (Å²) in [7, 11) is 0. The predicted octanol–water partition coefficient (Wildman–Crippen LogP) is 5.79. The van der Waals surface area contributed by atoms with Crippen molar-refractivity contribution in [1.82, 2.24) is 14.8 Å². The molecule has 1 fully saturated rings. The van der Waals surface area contributed by atoms with E-state index in [1.165, 1.54) is 11.6 Å². The van der Waals surface area contributed by atoms with Crippen molar-refractivity contribution < 1.29 is 18.7 Å². The van der Waals surface area contributed by atoms with Gasteiger partial charge in [0.15, 0.2) is 5.78 Å². The first-order chi connectivity index (χ1) is 17.9. The zero-order valence-corrected chi connectivity index (χ0v) is 21.6. The molecule has 0 radical (unpaired) electrons. The number of aryl methyl sites for hydroxylation is 2. The van der Waals surface area contributed by atoms with Crippen LogP contribution in [-0.2, 0) is 4.74 Å². The van der Waals surface area contributed by atoms with Crippen molar-refractivity contribution in [2.75, 3.05) is 39.4 Å². The van der Waals surface area contributed by atoms with Crippen molar-refractivity contribution in [3.63, 3.8) is 0 Å². The molecule has 0 N–H and O–H groups in total. The van der Waals surface area contributed by atoms with E-state index in [1.807, 2.05) is 29.7 Å². The van der Waals surface area contributed by atoms with E-state index in [-0.39, 0.29) is 17.6 Å². The molecule has 2 amide bonds. The topological polar surface area (TPSA) is 62.7 Å². The lowest BCUT2D eigenvalue weighted by atomic mass is 9.86. The number of Topliss-reactive ketones (excluding diaryl/α,β-unsaturated/α-hetero) is 1. The first-order valence-corrected chi connectivity index (χ1v) is 12.9. The monoisotopic (exact) mass is 501 g/mol. The lowest BCUT2D eigenvalue weighted by Gasteiger charge is -2.34. The minimum Gasteiger partial charge on any atom is -0.378 e. The van der Waals surface area contributed by atoms with Crippen molar-refractivity contribution in [3.8, 4) is 11.1 Å². The molecule has 2 aliphatic rings. The Morgan fingerprint density at radius 2 is 1.78 bits per heavy atom. The van der Waals surface area contributed by atoms with E-state index in [4.69, 9.17) is 9.72 Å². The third kappa shape index (κ3) is 4.76. The maximum Gasteiger partial charge on any atom is 0.320 e. The van der Waals surface area contributed by atoms with Crippen LogP contribution in [0.25, 0.3) is 27.6 Å². The molecule has 1 saturated heterocycles. The Morgan fingerprint density at radius 1 is 1.03 bits per heavy atom. The van der Waals surface area contributed by atoms with Gasteiger partial charge in [0.25, 0.3) is 0 Å². The maximum atomic E-state index is 15.0. The second-order valence-electron chi connectivity index (χ2n) is 9.71. The van der Waals surface area contributed by atoms with Crippen LogP contribution >= 0.6 is 0 Å². The Labute approximate surface area is 216 Å². The van der Waals surface area contributed by atoms with Crippen LogP contribution in [0.1, 0.15) is 46.9 Å². The van der Waals surface area contributed by atoms with Crippen molar-refractivity contribution in [3.05, 3.63) is 70.7 Å². The molecule has 3 aromatic rings. The number of amides is 2. The van der Waals surface area contributed by atoms with Crippen LogP contribution in [0.4, 0.5) is 9.18 Å². The fourth-order valence-corrected chi connectivity index (χ4v) is 5.50. The average molecular weight is 502 g/mol. The highest BCUT2D eigenvalue weighted by Gasteiger charge is 2.26. The second kappa shape index (κ2) is 10.4. The van der Waals surface area contributed by atoms with Crippen molar-refractivity contribution in [2.45, 2.75) is 33.6 Å². The Balaban J connectivity index is 1.58.